The summed E-state index contributed by atoms with van der Waals surface area (Å²) >= 11 is 0. The Hall–Kier alpha value is -1.09. The molecule has 0 bridgehead atoms. The van der Waals surface area contributed by atoms with Gasteiger partial charge in [0, 0.05) is 31.4 Å². The third-order valence-electron chi connectivity index (χ3n) is 4.70. The summed E-state index contributed by atoms with van der Waals surface area (Å²) < 4.78 is 0. The molecule has 1 saturated carbocycles. The molecule has 0 atom stereocenters. The summed E-state index contributed by atoms with van der Waals surface area (Å²) in [5, 5.41) is 0. The van der Waals surface area contributed by atoms with E-state index >= 15 is 0 Å². The molecule has 2 aliphatic rings. The van der Waals surface area contributed by atoms with Gasteiger partial charge in [0.1, 0.15) is 5.82 Å². The number of aromatic nitrogens is 1. The van der Waals surface area contributed by atoms with E-state index in [0.717, 1.165) is 24.7 Å². The standard InChI is InChI=1S/C16H25N3/c1-19(11-12-5-4-6-12)16-14(10-17)9-13-7-2-3-8-15(13)18-16/h9,12H,2-8,10-11,17H2,1H3. The summed E-state index contributed by atoms with van der Waals surface area (Å²) in [6.45, 7) is 1.74. The quantitative estimate of drug-likeness (QED) is 0.904. The lowest BCUT2D eigenvalue weighted by molar-refractivity contribution is 0.321. The highest BCUT2D eigenvalue weighted by atomic mass is 15.2. The number of nitrogens with zero attached hydrogens (tertiary/aromatic N) is 2. The van der Waals surface area contributed by atoms with Crippen LogP contribution in [0.25, 0.3) is 0 Å². The zero-order valence-corrected chi connectivity index (χ0v) is 12.0. The first kappa shape index (κ1) is 12.9. The van der Waals surface area contributed by atoms with Crippen LogP contribution in [0, 0.1) is 5.92 Å². The molecule has 0 radical (unpaired) electrons. The Balaban J connectivity index is 1.85. The molecule has 3 heteroatoms. The molecule has 0 saturated heterocycles. The lowest BCUT2D eigenvalue weighted by atomic mass is 9.85. The number of aryl methyl sites for hydroxylation is 2. The van der Waals surface area contributed by atoms with Crippen molar-refractivity contribution in [1.82, 2.24) is 4.98 Å². The molecular weight excluding hydrogens is 234 g/mol. The van der Waals surface area contributed by atoms with Crippen molar-refractivity contribution in [3.05, 3.63) is 22.9 Å². The van der Waals surface area contributed by atoms with Crippen molar-refractivity contribution in [2.24, 2.45) is 11.7 Å². The van der Waals surface area contributed by atoms with Gasteiger partial charge in [-0.3, -0.25) is 0 Å². The SMILES string of the molecule is CN(CC1CCC1)c1nc2c(cc1CN)CCCC2. The Kier molecular flexibility index (Phi) is 3.74. The van der Waals surface area contributed by atoms with Crippen LogP contribution < -0.4 is 10.6 Å². The number of pyridine rings is 1. The van der Waals surface area contributed by atoms with E-state index in [-0.39, 0.29) is 0 Å². The number of hydrogen-bond acceptors (Lipinski definition) is 3. The first-order chi connectivity index (χ1) is 9.28. The molecule has 1 heterocycles. The first-order valence-corrected chi connectivity index (χ1v) is 7.71. The molecule has 0 unspecified atom stereocenters. The maximum Gasteiger partial charge on any atom is 0.133 e. The minimum atomic E-state index is 0.602. The Labute approximate surface area is 116 Å². The molecule has 3 nitrogen and oxygen atoms in total. The highest BCUT2D eigenvalue weighted by Gasteiger charge is 2.22. The molecule has 0 aliphatic heterocycles. The minimum absolute atomic E-state index is 0.602. The van der Waals surface area contributed by atoms with Crippen LogP contribution in [0.2, 0.25) is 0 Å². The van der Waals surface area contributed by atoms with Gasteiger partial charge in [-0.25, -0.2) is 4.98 Å². The average Bonchev–Trinajstić information content (AvgIpc) is 2.41. The molecule has 1 fully saturated rings. The third-order valence-corrected chi connectivity index (χ3v) is 4.70. The van der Waals surface area contributed by atoms with Crippen LogP contribution in [0.15, 0.2) is 6.07 Å². The van der Waals surface area contributed by atoms with Gasteiger partial charge in [-0.2, -0.15) is 0 Å². The summed E-state index contributed by atoms with van der Waals surface area (Å²) in [6, 6.07) is 2.31. The Morgan fingerprint density at radius 3 is 2.74 bits per heavy atom. The van der Waals surface area contributed by atoms with Gasteiger partial charge in [0.25, 0.3) is 0 Å². The van der Waals surface area contributed by atoms with Crippen molar-refractivity contribution in [3.63, 3.8) is 0 Å². The maximum absolute atomic E-state index is 5.93. The summed E-state index contributed by atoms with van der Waals surface area (Å²) in [5.74, 6) is 2.00. The van der Waals surface area contributed by atoms with Gasteiger partial charge < -0.3 is 10.6 Å². The largest absolute Gasteiger partial charge is 0.359 e. The fourth-order valence-electron chi connectivity index (χ4n) is 3.30. The maximum atomic E-state index is 5.93. The number of anilines is 1. The molecule has 0 aromatic carbocycles. The molecule has 3 rings (SSSR count). The minimum Gasteiger partial charge on any atom is -0.359 e. The number of nitrogens with two attached hydrogens (primary N) is 1. The smallest absolute Gasteiger partial charge is 0.133 e. The lowest BCUT2D eigenvalue weighted by Crippen LogP contribution is -2.31. The van der Waals surface area contributed by atoms with E-state index < -0.39 is 0 Å². The summed E-state index contributed by atoms with van der Waals surface area (Å²) in [4.78, 5) is 7.28. The Morgan fingerprint density at radius 2 is 2.05 bits per heavy atom. The van der Waals surface area contributed by atoms with Gasteiger partial charge in [-0.1, -0.05) is 6.42 Å². The van der Waals surface area contributed by atoms with Crippen LogP contribution >= 0.6 is 0 Å². The molecule has 2 aliphatic carbocycles. The average molecular weight is 259 g/mol. The molecule has 1 aromatic heterocycles. The van der Waals surface area contributed by atoms with Gasteiger partial charge in [-0.15, -0.1) is 0 Å². The Morgan fingerprint density at radius 1 is 1.26 bits per heavy atom. The van der Waals surface area contributed by atoms with Gasteiger partial charge in [0.2, 0.25) is 0 Å². The van der Waals surface area contributed by atoms with Crippen LogP contribution in [-0.4, -0.2) is 18.6 Å². The monoisotopic (exact) mass is 259 g/mol. The number of hydrogen-bond donors (Lipinski definition) is 1. The van der Waals surface area contributed by atoms with Crippen molar-refractivity contribution >= 4 is 5.82 Å². The van der Waals surface area contributed by atoms with Crippen molar-refractivity contribution in [1.29, 1.82) is 0 Å². The second-order valence-electron chi connectivity index (χ2n) is 6.17. The zero-order chi connectivity index (χ0) is 13.2. The van der Waals surface area contributed by atoms with Crippen LogP contribution in [0.3, 0.4) is 0 Å². The summed E-state index contributed by atoms with van der Waals surface area (Å²) in [7, 11) is 2.18. The molecule has 104 valence electrons. The summed E-state index contributed by atoms with van der Waals surface area (Å²) in [6.07, 6.45) is 9.08. The molecule has 1 aromatic rings. The van der Waals surface area contributed by atoms with Gasteiger partial charge in [-0.05, 0) is 56.1 Å². The molecule has 0 amide bonds. The topological polar surface area (TPSA) is 42.2 Å². The number of rotatable bonds is 4. The predicted molar refractivity (Wildman–Crippen MR) is 79.4 cm³/mol. The predicted octanol–water partition coefficient (Wildman–Crippen LogP) is 2.66. The van der Waals surface area contributed by atoms with Crippen molar-refractivity contribution in [3.8, 4) is 0 Å². The fraction of sp³-hybridized carbons (Fsp3) is 0.688. The molecular formula is C16H25N3. The van der Waals surface area contributed by atoms with E-state index in [1.807, 2.05) is 0 Å². The molecule has 0 spiro atoms. The van der Waals surface area contributed by atoms with E-state index in [2.05, 4.69) is 18.0 Å². The van der Waals surface area contributed by atoms with Crippen LogP contribution in [-0.2, 0) is 19.4 Å². The van der Waals surface area contributed by atoms with E-state index in [9.17, 15) is 0 Å². The second-order valence-corrected chi connectivity index (χ2v) is 6.17. The van der Waals surface area contributed by atoms with Gasteiger partial charge >= 0.3 is 0 Å². The zero-order valence-electron chi connectivity index (χ0n) is 12.0. The number of fused-ring (bicyclic) bond motifs is 1. The van der Waals surface area contributed by atoms with Crippen molar-refractivity contribution in [2.75, 3.05) is 18.5 Å². The summed E-state index contributed by atoms with van der Waals surface area (Å²) in [5.41, 5.74) is 9.91. The highest BCUT2D eigenvalue weighted by molar-refractivity contribution is 5.50. The van der Waals surface area contributed by atoms with Crippen molar-refractivity contribution in [2.45, 2.75) is 51.5 Å². The third kappa shape index (κ3) is 2.62. The normalized spacial score (nSPS) is 18.8. The highest BCUT2D eigenvalue weighted by Crippen LogP contribution is 2.30. The Bertz CT molecular complexity index is 452. The first-order valence-electron chi connectivity index (χ1n) is 7.71. The fourth-order valence-corrected chi connectivity index (χ4v) is 3.30. The van der Waals surface area contributed by atoms with E-state index in [4.69, 9.17) is 10.7 Å². The van der Waals surface area contributed by atoms with Crippen LogP contribution in [0.5, 0.6) is 0 Å². The second kappa shape index (κ2) is 5.49. The van der Waals surface area contributed by atoms with Crippen LogP contribution in [0.1, 0.15) is 48.9 Å². The van der Waals surface area contributed by atoms with E-state index in [1.165, 1.54) is 55.3 Å². The van der Waals surface area contributed by atoms with Gasteiger partial charge in [0.05, 0.1) is 0 Å². The van der Waals surface area contributed by atoms with Crippen molar-refractivity contribution < 1.29 is 0 Å². The molecule has 2 N–H and O–H groups in total. The van der Waals surface area contributed by atoms with Crippen LogP contribution in [0.4, 0.5) is 5.82 Å². The van der Waals surface area contributed by atoms with Gasteiger partial charge in [0.15, 0.2) is 0 Å². The molecule has 19 heavy (non-hydrogen) atoms. The van der Waals surface area contributed by atoms with E-state index in [1.54, 1.807) is 0 Å². The van der Waals surface area contributed by atoms with E-state index in [0.29, 0.717) is 6.54 Å². The lowest BCUT2D eigenvalue weighted by Gasteiger charge is -2.32.